The van der Waals surface area contributed by atoms with E-state index in [0.29, 0.717) is 18.7 Å². The van der Waals surface area contributed by atoms with E-state index in [0.717, 1.165) is 12.0 Å². The van der Waals surface area contributed by atoms with Gasteiger partial charge in [0.2, 0.25) is 5.91 Å². The molecular weight excluding hydrogens is 348 g/mol. The SMILES string of the molecule is O=C1CCC(c2ccc(N3C[C@H](CNC(O)C(F)F)OC3=O)cc2)CN1. The van der Waals surface area contributed by atoms with Crippen molar-refractivity contribution in [2.24, 2.45) is 0 Å². The van der Waals surface area contributed by atoms with Crippen molar-refractivity contribution in [1.29, 1.82) is 0 Å². The van der Waals surface area contributed by atoms with Crippen LogP contribution in [0.25, 0.3) is 0 Å². The number of ether oxygens (including phenoxy) is 1. The standard InChI is InChI=1S/C17H21F2N3O4/c18-15(19)16(24)21-8-13-9-22(17(25)26-13)12-4-1-10(2-5-12)11-3-6-14(23)20-7-11/h1-2,4-5,11,13,15-16,21,24H,3,6-9H2,(H,20,23)/t11?,13-,16?/m0/s1. The lowest BCUT2D eigenvalue weighted by Crippen LogP contribution is -2.41. The highest BCUT2D eigenvalue weighted by Gasteiger charge is 2.33. The highest BCUT2D eigenvalue weighted by atomic mass is 19.3. The van der Waals surface area contributed by atoms with Gasteiger partial charge in [0.15, 0.2) is 6.23 Å². The Morgan fingerprint density at radius 3 is 2.65 bits per heavy atom. The second kappa shape index (κ2) is 7.96. The molecule has 2 aliphatic rings. The van der Waals surface area contributed by atoms with Crippen LogP contribution < -0.4 is 15.5 Å². The Hall–Kier alpha value is -2.26. The van der Waals surface area contributed by atoms with E-state index in [2.05, 4.69) is 10.6 Å². The molecule has 2 saturated heterocycles. The Labute approximate surface area is 149 Å². The number of halogens is 2. The number of alkyl halides is 2. The smallest absolute Gasteiger partial charge is 0.414 e. The molecule has 2 amide bonds. The maximum absolute atomic E-state index is 12.3. The molecular formula is C17H21F2N3O4. The number of aliphatic hydroxyl groups excluding tert-OH is 1. The minimum Gasteiger partial charge on any atom is -0.443 e. The normalized spacial score (nSPS) is 24.5. The second-order valence-electron chi connectivity index (χ2n) is 6.44. The molecule has 7 nitrogen and oxygen atoms in total. The first-order valence-electron chi connectivity index (χ1n) is 8.48. The number of hydrogen-bond donors (Lipinski definition) is 3. The minimum atomic E-state index is -2.90. The van der Waals surface area contributed by atoms with Crippen molar-refractivity contribution in [3.05, 3.63) is 29.8 Å². The molecule has 2 unspecified atom stereocenters. The van der Waals surface area contributed by atoms with Gasteiger partial charge in [0, 0.05) is 31.1 Å². The zero-order valence-corrected chi connectivity index (χ0v) is 14.0. The first-order chi connectivity index (χ1) is 12.4. The molecule has 0 aromatic heterocycles. The monoisotopic (exact) mass is 369 g/mol. The number of aliphatic hydroxyl groups is 1. The molecule has 1 aromatic carbocycles. The molecule has 2 aliphatic heterocycles. The van der Waals surface area contributed by atoms with Crippen molar-refractivity contribution in [2.75, 3.05) is 24.5 Å². The molecule has 26 heavy (non-hydrogen) atoms. The lowest BCUT2D eigenvalue weighted by atomic mass is 9.91. The van der Waals surface area contributed by atoms with E-state index in [9.17, 15) is 18.4 Å². The highest BCUT2D eigenvalue weighted by Crippen LogP contribution is 2.27. The number of carbonyl (C=O) groups excluding carboxylic acids is 2. The van der Waals surface area contributed by atoms with Gasteiger partial charge in [-0.1, -0.05) is 12.1 Å². The third-order valence-electron chi connectivity index (χ3n) is 4.61. The molecule has 0 saturated carbocycles. The van der Waals surface area contributed by atoms with E-state index >= 15 is 0 Å². The zero-order chi connectivity index (χ0) is 18.7. The fourth-order valence-electron chi connectivity index (χ4n) is 3.12. The molecule has 3 N–H and O–H groups in total. The topological polar surface area (TPSA) is 90.9 Å². The van der Waals surface area contributed by atoms with Gasteiger partial charge in [-0.25, -0.2) is 13.6 Å². The van der Waals surface area contributed by atoms with Crippen LogP contribution in [0.5, 0.6) is 0 Å². The second-order valence-corrected chi connectivity index (χ2v) is 6.44. The summed E-state index contributed by atoms with van der Waals surface area (Å²) in [7, 11) is 0. The molecule has 0 bridgehead atoms. The summed E-state index contributed by atoms with van der Waals surface area (Å²) in [6, 6.07) is 7.43. The largest absolute Gasteiger partial charge is 0.443 e. The Morgan fingerprint density at radius 1 is 1.31 bits per heavy atom. The highest BCUT2D eigenvalue weighted by molar-refractivity contribution is 5.89. The summed E-state index contributed by atoms with van der Waals surface area (Å²) in [5.41, 5.74) is 1.73. The predicted octanol–water partition coefficient (Wildman–Crippen LogP) is 1.18. The maximum atomic E-state index is 12.3. The summed E-state index contributed by atoms with van der Waals surface area (Å²) in [5.74, 6) is 0.314. The summed E-state index contributed by atoms with van der Waals surface area (Å²) in [5, 5.41) is 14.1. The van der Waals surface area contributed by atoms with Crippen LogP contribution >= 0.6 is 0 Å². The van der Waals surface area contributed by atoms with Crippen molar-refractivity contribution in [3.63, 3.8) is 0 Å². The van der Waals surface area contributed by atoms with Crippen LogP contribution in [-0.2, 0) is 9.53 Å². The van der Waals surface area contributed by atoms with Crippen LogP contribution in [0.1, 0.15) is 24.3 Å². The van der Waals surface area contributed by atoms with Gasteiger partial charge >= 0.3 is 6.09 Å². The number of rotatable bonds is 6. The van der Waals surface area contributed by atoms with Gasteiger partial charge in [0.05, 0.1) is 6.54 Å². The number of benzene rings is 1. The molecule has 0 aliphatic carbocycles. The fraction of sp³-hybridized carbons (Fsp3) is 0.529. The fourth-order valence-corrected chi connectivity index (χ4v) is 3.12. The van der Waals surface area contributed by atoms with Crippen LogP contribution in [0.15, 0.2) is 24.3 Å². The van der Waals surface area contributed by atoms with Gasteiger partial charge in [-0.05, 0) is 24.1 Å². The predicted molar refractivity (Wildman–Crippen MR) is 89.1 cm³/mol. The van der Waals surface area contributed by atoms with Crippen molar-refractivity contribution >= 4 is 17.7 Å². The maximum Gasteiger partial charge on any atom is 0.414 e. The van der Waals surface area contributed by atoms with E-state index in [1.807, 2.05) is 12.1 Å². The van der Waals surface area contributed by atoms with Crippen molar-refractivity contribution in [3.8, 4) is 0 Å². The molecule has 3 rings (SSSR count). The number of piperidine rings is 1. The zero-order valence-electron chi connectivity index (χ0n) is 14.0. The minimum absolute atomic E-state index is 0.0619. The Kier molecular flexibility index (Phi) is 5.67. The van der Waals surface area contributed by atoms with E-state index in [1.165, 1.54) is 4.90 Å². The quantitative estimate of drug-likeness (QED) is 0.655. The molecule has 2 fully saturated rings. The van der Waals surface area contributed by atoms with Crippen molar-refractivity contribution in [2.45, 2.75) is 37.5 Å². The number of hydrogen-bond acceptors (Lipinski definition) is 5. The molecule has 3 atom stereocenters. The lowest BCUT2D eigenvalue weighted by molar-refractivity contribution is -0.122. The summed E-state index contributed by atoms with van der Waals surface area (Å²) < 4.78 is 29.7. The van der Waals surface area contributed by atoms with Gasteiger partial charge < -0.3 is 15.2 Å². The number of nitrogens with zero attached hydrogens (tertiary/aromatic N) is 1. The van der Waals surface area contributed by atoms with Crippen LogP contribution in [0.2, 0.25) is 0 Å². The van der Waals surface area contributed by atoms with Crippen molar-refractivity contribution in [1.82, 2.24) is 10.6 Å². The van der Waals surface area contributed by atoms with Gasteiger partial charge in [0.25, 0.3) is 6.43 Å². The van der Waals surface area contributed by atoms with E-state index in [1.54, 1.807) is 12.1 Å². The number of amides is 2. The van der Waals surface area contributed by atoms with Crippen LogP contribution in [0, 0.1) is 0 Å². The first-order valence-corrected chi connectivity index (χ1v) is 8.48. The molecule has 9 heteroatoms. The van der Waals surface area contributed by atoms with Gasteiger partial charge in [-0.2, -0.15) is 0 Å². The van der Waals surface area contributed by atoms with Crippen LogP contribution in [0.3, 0.4) is 0 Å². The lowest BCUT2D eigenvalue weighted by Gasteiger charge is -2.23. The number of anilines is 1. The summed E-state index contributed by atoms with van der Waals surface area (Å²) >= 11 is 0. The molecule has 0 radical (unpaired) electrons. The number of cyclic esters (lactones) is 1. The molecule has 2 heterocycles. The van der Waals surface area contributed by atoms with Gasteiger partial charge in [-0.15, -0.1) is 0 Å². The van der Waals surface area contributed by atoms with Crippen LogP contribution in [0.4, 0.5) is 19.3 Å². The van der Waals surface area contributed by atoms with E-state index in [4.69, 9.17) is 9.84 Å². The Morgan fingerprint density at radius 2 is 2.04 bits per heavy atom. The average Bonchev–Trinajstić information content (AvgIpc) is 3.01. The van der Waals surface area contributed by atoms with Crippen LogP contribution in [-0.4, -0.2) is 55.5 Å². The third kappa shape index (κ3) is 4.28. The van der Waals surface area contributed by atoms with E-state index < -0.39 is 24.9 Å². The molecule has 1 aromatic rings. The number of nitrogens with one attached hydrogen (secondary N) is 2. The Balaban J connectivity index is 1.57. The van der Waals surface area contributed by atoms with Gasteiger partial charge in [-0.3, -0.25) is 15.0 Å². The van der Waals surface area contributed by atoms with E-state index in [-0.39, 0.29) is 24.9 Å². The van der Waals surface area contributed by atoms with Crippen molar-refractivity contribution < 1.29 is 28.2 Å². The Bertz CT molecular complexity index is 646. The summed E-state index contributed by atoms with van der Waals surface area (Å²) in [4.78, 5) is 24.7. The molecule has 142 valence electrons. The third-order valence-corrected chi connectivity index (χ3v) is 4.61. The first kappa shape index (κ1) is 18.5. The van der Waals surface area contributed by atoms with Gasteiger partial charge in [0.1, 0.15) is 6.10 Å². The summed E-state index contributed by atoms with van der Waals surface area (Å²) in [6.45, 7) is 0.748. The molecule has 0 spiro atoms. The number of carbonyl (C=O) groups is 2. The average molecular weight is 369 g/mol. The summed E-state index contributed by atoms with van der Waals surface area (Å²) in [6.07, 6.45) is -4.73.